The first-order valence-corrected chi connectivity index (χ1v) is 6.24. The third kappa shape index (κ3) is 5.53. The van der Waals surface area contributed by atoms with Crippen molar-refractivity contribution in [3.63, 3.8) is 0 Å². The summed E-state index contributed by atoms with van der Waals surface area (Å²) in [6.45, 7) is 4.68. The summed E-state index contributed by atoms with van der Waals surface area (Å²) >= 11 is 0. The molecule has 0 radical (unpaired) electrons. The highest BCUT2D eigenvalue weighted by atomic mass is 19.4. The Morgan fingerprint density at radius 2 is 2.00 bits per heavy atom. The van der Waals surface area contributed by atoms with Gasteiger partial charge in [0.2, 0.25) is 0 Å². The average Bonchev–Trinajstić information content (AvgIpc) is 2.33. The third-order valence-corrected chi connectivity index (χ3v) is 2.38. The average molecular weight is 316 g/mol. The van der Waals surface area contributed by atoms with E-state index in [0.29, 0.717) is 0 Å². The zero-order valence-corrected chi connectivity index (χ0v) is 12.2. The van der Waals surface area contributed by atoms with Crippen LogP contribution in [-0.2, 0) is 17.5 Å². The maximum Gasteiger partial charge on any atom is 0.416 e. The molecule has 0 fully saturated rings. The quantitative estimate of drug-likeness (QED) is 0.490. The number of azide groups is 1. The van der Waals surface area contributed by atoms with Gasteiger partial charge in [-0.2, -0.15) is 13.2 Å². The van der Waals surface area contributed by atoms with Crippen LogP contribution in [0.2, 0.25) is 0 Å². The molecule has 1 amide bonds. The van der Waals surface area contributed by atoms with E-state index in [-0.39, 0.29) is 17.8 Å². The van der Waals surface area contributed by atoms with Crippen LogP contribution in [0.5, 0.6) is 0 Å². The number of ether oxygens (including phenoxy) is 1. The fourth-order valence-corrected chi connectivity index (χ4v) is 1.53. The predicted molar refractivity (Wildman–Crippen MR) is 74.2 cm³/mol. The van der Waals surface area contributed by atoms with Crippen molar-refractivity contribution >= 4 is 11.8 Å². The normalized spacial score (nSPS) is 11.5. The molecule has 0 spiro atoms. The number of rotatable bonds is 3. The van der Waals surface area contributed by atoms with Crippen molar-refractivity contribution in [1.82, 2.24) is 0 Å². The Balaban J connectivity index is 3.11. The van der Waals surface area contributed by atoms with E-state index in [0.717, 1.165) is 18.2 Å². The first kappa shape index (κ1) is 17.6. The van der Waals surface area contributed by atoms with Crippen LogP contribution in [0.3, 0.4) is 0 Å². The minimum Gasteiger partial charge on any atom is -0.444 e. The predicted octanol–water partition coefficient (Wildman–Crippen LogP) is 4.86. The first-order valence-electron chi connectivity index (χ1n) is 6.24. The standard InChI is InChI=1S/C13H15F3N4O2/c1-12(2,3)22-11(21)19-10-6-9(13(14,15)16)5-4-8(10)7-18-20-17/h4-6H,7H2,1-3H3,(H,19,21). The van der Waals surface area contributed by atoms with E-state index in [1.807, 2.05) is 0 Å². The van der Waals surface area contributed by atoms with Crippen LogP contribution in [-0.4, -0.2) is 11.7 Å². The summed E-state index contributed by atoms with van der Waals surface area (Å²) in [6.07, 6.45) is -5.45. The number of hydrogen-bond donors (Lipinski definition) is 1. The molecular weight excluding hydrogens is 301 g/mol. The number of carbonyl (C=O) groups excluding carboxylic acids is 1. The Bertz CT molecular complexity index is 602. The maximum absolute atomic E-state index is 12.7. The molecule has 1 aromatic rings. The molecule has 0 atom stereocenters. The van der Waals surface area contributed by atoms with Gasteiger partial charge in [-0.3, -0.25) is 5.32 Å². The van der Waals surface area contributed by atoms with Crippen LogP contribution in [0.25, 0.3) is 10.4 Å². The van der Waals surface area contributed by atoms with Crippen LogP contribution < -0.4 is 5.32 Å². The topological polar surface area (TPSA) is 87.1 Å². The lowest BCUT2D eigenvalue weighted by Gasteiger charge is -2.20. The molecule has 9 heteroatoms. The summed E-state index contributed by atoms with van der Waals surface area (Å²) in [7, 11) is 0. The number of hydrogen-bond acceptors (Lipinski definition) is 3. The van der Waals surface area contributed by atoms with Gasteiger partial charge >= 0.3 is 12.3 Å². The lowest BCUT2D eigenvalue weighted by molar-refractivity contribution is -0.137. The first-order chi connectivity index (χ1) is 10.0. The van der Waals surface area contributed by atoms with Gasteiger partial charge in [-0.1, -0.05) is 11.2 Å². The van der Waals surface area contributed by atoms with Gasteiger partial charge in [-0.05, 0) is 44.0 Å². The van der Waals surface area contributed by atoms with Gasteiger partial charge in [-0.15, -0.1) is 0 Å². The van der Waals surface area contributed by atoms with Crippen LogP contribution in [0, 0.1) is 0 Å². The maximum atomic E-state index is 12.7. The van der Waals surface area contributed by atoms with E-state index in [2.05, 4.69) is 15.3 Å². The summed E-state index contributed by atoms with van der Waals surface area (Å²) in [6, 6.07) is 2.76. The summed E-state index contributed by atoms with van der Waals surface area (Å²) in [5.41, 5.74) is 6.71. The van der Waals surface area contributed by atoms with E-state index in [9.17, 15) is 18.0 Å². The van der Waals surface area contributed by atoms with Gasteiger partial charge in [0.05, 0.1) is 12.1 Å². The highest BCUT2D eigenvalue weighted by Gasteiger charge is 2.31. The van der Waals surface area contributed by atoms with E-state index in [1.165, 1.54) is 0 Å². The van der Waals surface area contributed by atoms with Crippen molar-refractivity contribution in [2.75, 3.05) is 5.32 Å². The second-order valence-corrected chi connectivity index (χ2v) is 5.39. The number of alkyl halides is 3. The Kier molecular flexibility index (Phi) is 5.27. The van der Waals surface area contributed by atoms with Crippen molar-refractivity contribution in [1.29, 1.82) is 0 Å². The molecule has 0 heterocycles. The molecule has 0 aromatic heterocycles. The lowest BCUT2D eigenvalue weighted by atomic mass is 10.1. The van der Waals surface area contributed by atoms with Crippen LogP contribution in [0.1, 0.15) is 31.9 Å². The van der Waals surface area contributed by atoms with Gasteiger partial charge in [0.15, 0.2) is 0 Å². The van der Waals surface area contributed by atoms with Crippen LogP contribution >= 0.6 is 0 Å². The summed E-state index contributed by atoms with van der Waals surface area (Å²) in [5.74, 6) is 0. The van der Waals surface area contributed by atoms with Gasteiger partial charge in [0, 0.05) is 10.6 Å². The second kappa shape index (κ2) is 6.57. The van der Waals surface area contributed by atoms with Gasteiger partial charge in [-0.25, -0.2) is 4.79 Å². The molecule has 1 aromatic carbocycles. The van der Waals surface area contributed by atoms with Crippen LogP contribution in [0.4, 0.5) is 23.7 Å². The van der Waals surface area contributed by atoms with Crippen molar-refractivity contribution in [2.45, 2.75) is 39.1 Å². The van der Waals surface area contributed by atoms with Gasteiger partial charge in [0.1, 0.15) is 5.60 Å². The van der Waals surface area contributed by atoms with Crippen molar-refractivity contribution in [3.05, 3.63) is 39.8 Å². The summed E-state index contributed by atoms with van der Waals surface area (Å²) < 4.78 is 43.2. The second-order valence-electron chi connectivity index (χ2n) is 5.39. The van der Waals surface area contributed by atoms with Crippen LogP contribution in [0.15, 0.2) is 23.3 Å². The van der Waals surface area contributed by atoms with E-state index in [4.69, 9.17) is 10.3 Å². The third-order valence-electron chi connectivity index (χ3n) is 2.38. The van der Waals surface area contributed by atoms with E-state index in [1.54, 1.807) is 20.8 Å². The number of amides is 1. The van der Waals surface area contributed by atoms with E-state index < -0.39 is 23.4 Å². The lowest BCUT2D eigenvalue weighted by Crippen LogP contribution is -2.27. The Hall–Kier alpha value is -2.41. The fraction of sp³-hybridized carbons (Fsp3) is 0.462. The van der Waals surface area contributed by atoms with E-state index >= 15 is 0 Å². The Labute approximate surface area is 124 Å². The minimum absolute atomic E-state index is 0.114. The molecule has 1 N–H and O–H groups in total. The summed E-state index contributed by atoms with van der Waals surface area (Å²) in [4.78, 5) is 14.2. The number of anilines is 1. The number of benzene rings is 1. The molecule has 0 aliphatic rings. The smallest absolute Gasteiger partial charge is 0.416 e. The molecule has 0 saturated carbocycles. The minimum atomic E-state index is -4.55. The number of halogens is 3. The zero-order chi connectivity index (χ0) is 17.0. The molecule has 0 aliphatic carbocycles. The Morgan fingerprint density at radius 1 is 1.36 bits per heavy atom. The number of nitrogens with one attached hydrogen (secondary N) is 1. The summed E-state index contributed by atoms with van der Waals surface area (Å²) in [5, 5.41) is 5.53. The van der Waals surface area contributed by atoms with Crippen molar-refractivity contribution < 1.29 is 22.7 Å². The molecular formula is C13H15F3N4O2. The molecule has 0 aliphatic heterocycles. The van der Waals surface area contributed by atoms with Gasteiger partial charge < -0.3 is 4.74 Å². The van der Waals surface area contributed by atoms with Gasteiger partial charge in [0.25, 0.3) is 0 Å². The Morgan fingerprint density at radius 3 is 2.50 bits per heavy atom. The highest BCUT2D eigenvalue weighted by Crippen LogP contribution is 2.32. The SMILES string of the molecule is CC(C)(C)OC(=O)Nc1cc(C(F)(F)F)ccc1CN=[N+]=[N-]. The molecule has 6 nitrogen and oxygen atoms in total. The monoisotopic (exact) mass is 316 g/mol. The molecule has 0 bridgehead atoms. The number of nitrogens with zero attached hydrogens (tertiary/aromatic N) is 3. The fourth-order valence-electron chi connectivity index (χ4n) is 1.53. The number of carbonyl (C=O) groups is 1. The highest BCUT2D eigenvalue weighted by molar-refractivity contribution is 5.86. The molecule has 22 heavy (non-hydrogen) atoms. The molecule has 1 rings (SSSR count). The molecule has 0 saturated heterocycles. The zero-order valence-electron chi connectivity index (χ0n) is 12.2. The van der Waals surface area contributed by atoms with Crippen molar-refractivity contribution in [3.8, 4) is 0 Å². The largest absolute Gasteiger partial charge is 0.444 e. The molecule has 0 unspecified atom stereocenters. The van der Waals surface area contributed by atoms with Crippen molar-refractivity contribution in [2.24, 2.45) is 5.11 Å². The molecule has 120 valence electrons.